The van der Waals surface area contributed by atoms with E-state index < -0.39 is 5.97 Å². The molecule has 1 saturated carbocycles. The Labute approximate surface area is 209 Å². The second-order valence-corrected chi connectivity index (χ2v) is 10.4. The number of nitrogens with zero attached hydrogens (tertiary/aromatic N) is 2. The van der Waals surface area contributed by atoms with Gasteiger partial charge in [0.1, 0.15) is 11.6 Å². The van der Waals surface area contributed by atoms with Crippen LogP contribution in [0.1, 0.15) is 44.6 Å². The summed E-state index contributed by atoms with van der Waals surface area (Å²) in [4.78, 5) is 19.4. The minimum absolute atomic E-state index is 0.217. The van der Waals surface area contributed by atoms with Crippen molar-refractivity contribution in [2.45, 2.75) is 51.2 Å². The van der Waals surface area contributed by atoms with Crippen LogP contribution in [0.4, 0.5) is 4.39 Å². The zero-order valence-corrected chi connectivity index (χ0v) is 20.6. The molecule has 1 spiro atoms. The fraction of sp³-hybridized carbons (Fsp3) is 0.481. The lowest BCUT2D eigenvalue weighted by Crippen LogP contribution is -2.61. The first-order valence-electron chi connectivity index (χ1n) is 12.3. The van der Waals surface area contributed by atoms with Crippen LogP contribution in [0.25, 0.3) is 11.1 Å². The number of carboxylic acids is 1. The smallest absolute Gasteiger partial charge is 0.306 e. The number of hydrogen-bond acceptors (Lipinski definition) is 5. The van der Waals surface area contributed by atoms with Crippen molar-refractivity contribution in [1.29, 1.82) is 0 Å². The summed E-state index contributed by atoms with van der Waals surface area (Å²) in [5.41, 5.74) is 3.46. The topological polar surface area (TPSA) is 71.4 Å². The third kappa shape index (κ3) is 5.02. The largest absolute Gasteiger partial charge is 0.493 e. The maximum Gasteiger partial charge on any atom is 0.306 e. The highest BCUT2D eigenvalue weighted by atomic mass is 35.5. The number of rotatable bonds is 7. The lowest BCUT2D eigenvalue weighted by molar-refractivity contribution is -0.142. The average Bonchev–Trinajstić information content (AvgIpc) is 3.26. The summed E-state index contributed by atoms with van der Waals surface area (Å²) >= 11 is 6.67. The fourth-order valence-electron chi connectivity index (χ4n) is 5.64. The van der Waals surface area contributed by atoms with E-state index in [0.717, 1.165) is 67.6 Å². The van der Waals surface area contributed by atoms with Gasteiger partial charge in [-0.3, -0.25) is 9.69 Å². The number of benzene rings is 2. The molecule has 1 aliphatic carbocycles. The van der Waals surface area contributed by atoms with Gasteiger partial charge in [-0.15, -0.1) is 0 Å². The maximum atomic E-state index is 13.4. The van der Waals surface area contributed by atoms with Crippen molar-refractivity contribution in [2.24, 2.45) is 17.0 Å². The Morgan fingerprint density at radius 2 is 1.94 bits per heavy atom. The molecule has 186 valence electrons. The fourth-order valence-corrected chi connectivity index (χ4v) is 5.99. The number of carbonyl (C=O) groups is 1. The molecule has 2 aromatic rings. The highest BCUT2D eigenvalue weighted by Crippen LogP contribution is 2.42. The number of carboxylic acid groups (broad SMARTS) is 1. The minimum Gasteiger partial charge on any atom is -0.493 e. The van der Waals surface area contributed by atoms with Crippen LogP contribution in [0.5, 0.6) is 5.75 Å². The van der Waals surface area contributed by atoms with E-state index in [4.69, 9.17) is 21.2 Å². The van der Waals surface area contributed by atoms with Gasteiger partial charge in [-0.05, 0) is 68.0 Å². The lowest BCUT2D eigenvalue weighted by atomic mass is 9.76. The molecule has 1 N–H and O–H groups in total. The van der Waals surface area contributed by atoms with Crippen LogP contribution in [-0.2, 0) is 16.2 Å². The van der Waals surface area contributed by atoms with Gasteiger partial charge in [0, 0.05) is 37.5 Å². The van der Waals surface area contributed by atoms with Crippen molar-refractivity contribution in [3.8, 4) is 16.9 Å². The molecule has 1 saturated heterocycles. The molecule has 0 bridgehead atoms. The van der Waals surface area contributed by atoms with Gasteiger partial charge in [0.2, 0.25) is 0 Å². The molecule has 0 amide bonds. The molecule has 2 heterocycles. The van der Waals surface area contributed by atoms with Crippen LogP contribution in [0, 0.1) is 17.7 Å². The quantitative estimate of drug-likeness (QED) is 0.523. The predicted octanol–water partition coefficient (Wildman–Crippen LogP) is 5.77. The molecule has 35 heavy (non-hydrogen) atoms. The molecular weight excluding hydrogens is 471 g/mol. The Morgan fingerprint density at radius 1 is 1.23 bits per heavy atom. The third-order valence-corrected chi connectivity index (χ3v) is 7.68. The minimum atomic E-state index is -0.683. The summed E-state index contributed by atoms with van der Waals surface area (Å²) in [5.74, 6) is -0.162. The number of hydrogen-bond donors (Lipinski definition) is 1. The van der Waals surface area contributed by atoms with E-state index in [-0.39, 0.29) is 17.3 Å². The van der Waals surface area contributed by atoms with E-state index in [0.29, 0.717) is 29.8 Å². The van der Waals surface area contributed by atoms with Gasteiger partial charge in [-0.25, -0.2) is 4.39 Å². The van der Waals surface area contributed by atoms with Crippen molar-refractivity contribution in [2.75, 3.05) is 19.7 Å². The SMILES string of the molecule is CCOc1cc(CN2CC3(CC(C4CCC(C(=O)O)CC4)=NO3)C2)cc(Cl)c1-c1ccc(F)cc1. The number of aliphatic carboxylic acids is 1. The monoisotopic (exact) mass is 500 g/mol. The predicted molar refractivity (Wildman–Crippen MR) is 132 cm³/mol. The highest BCUT2D eigenvalue weighted by molar-refractivity contribution is 6.33. The summed E-state index contributed by atoms with van der Waals surface area (Å²) in [5, 5.41) is 14.2. The van der Waals surface area contributed by atoms with Gasteiger partial charge in [-0.1, -0.05) is 28.9 Å². The van der Waals surface area contributed by atoms with Crippen LogP contribution >= 0.6 is 11.6 Å². The molecule has 6 nitrogen and oxygen atoms in total. The van der Waals surface area contributed by atoms with E-state index in [1.807, 2.05) is 19.1 Å². The summed E-state index contributed by atoms with van der Waals surface area (Å²) in [6.07, 6.45) is 4.00. The standard InChI is InChI=1S/C27H30ClFN2O4/c1-2-34-24-12-17(11-22(28)25(24)19-7-9-21(29)10-8-19)14-31-15-27(16-31)13-23(30-35-27)18-3-5-20(6-4-18)26(32)33/h7-12,18,20H,2-6,13-16H2,1H3,(H,32,33). The van der Waals surface area contributed by atoms with Gasteiger partial charge >= 0.3 is 5.97 Å². The molecule has 0 radical (unpaired) electrons. The molecule has 2 fully saturated rings. The first-order valence-corrected chi connectivity index (χ1v) is 12.6. The van der Waals surface area contributed by atoms with Crippen LogP contribution in [-0.4, -0.2) is 47.0 Å². The van der Waals surface area contributed by atoms with Gasteiger partial charge in [0.05, 0.1) is 23.3 Å². The average molecular weight is 501 g/mol. The van der Waals surface area contributed by atoms with Gasteiger partial charge < -0.3 is 14.7 Å². The van der Waals surface area contributed by atoms with E-state index in [2.05, 4.69) is 10.1 Å². The Kier molecular flexibility index (Phi) is 6.73. The van der Waals surface area contributed by atoms with Gasteiger partial charge in [0.15, 0.2) is 5.60 Å². The van der Waals surface area contributed by atoms with Crippen molar-refractivity contribution in [3.63, 3.8) is 0 Å². The summed E-state index contributed by atoms with van der Waals surface area (Å²) < 4.78 is 19.3. The first-order chi connectivity index (χ1) is 16.9. The maximum absolute atomic E-state index is 13.4. The molecule has 0 atom stereocenters. The van der Waals surface area contributed by atoms with Crippen molar-refractivity contribution >= 4 is 23.3 Å². The second kappa shape index (κ2) is 9.78. The van der Waals surface area contributed by atoms with E-state index >= 15 is 0 Å². The molecule has 8 heteroatoms. The highest BCUT2D eigenvalue weighted by Gasteiger charge is 2.50. The Bertz CT molecular complexity index is 1120. The molecule has 5 rings (SSSR count). The van der Waals surface area contributed by atoms with Crippen molar-refractivity contribution < 1.29 is 23.9 Å². The number of oxime groups is 1. The second-order valence-electron chi connectivity index (χ2n) is 9.96. The van der Waals surface area contributed by atoms with E-state index in [9.17, 15) is 14.3 Å². The normalized spacial score (nSPS) is 23.5. The Morgan fingerprint density at radius 3 is 2.60 bits per heavy atom. The molecule has 0 aromatic heterocycles. The number of ether oxygens (including phenoxy) is 1. The summed E-state index contributed by atoms with van der Waals surface area (Å²) in [7, 11) is 0. The van der Waals surface area contributed by atoms with Crippen LogP contribution in [0.3, 0.4) is 0 Å². The molecular formula is C27H30ClFN2O4. The lowest BCUT2D eigenvalue weighted by Gasteiger charge is -2.45. The van der Waals surface area contributed by atoms with Crippen LogP contribution < -0.4 is 4.74 Å². The molecule has 2 aliphatic heterocycles. The summed E-state index contributed by atoms with van der Waals surface area (Å²) in [6.45, 7) is 4.71. The third-order valence-electron chi connectivity index (χ3n) is 7.38. The summed E-state index contributed by atoms with van der Waals surface area (Å²) in [6, 6.07) is 10.2. The Hall–Kier alpha value is -2.64. The number of likely N-dealkylation sites (tertiary alicyclic amines) is 1. The molecule has 0 unspecified atom stereocenters. The zero-order valence-electron chi connectivity index (χ0n) is 19.8. The number of halogens is 2. The van der Waals surface area contributed by atoms with Crippen molar-refractivity contribution in [1.82, 2.24) is 4.90 Å². The van der Waals surface area contributed by atoms with E-state index in [1.165, 1.54) is 12.1 Å². The van der Waals surface area contributed by atoms with Gasteiger partial charge in [-0.2, -0.15) is 0 Å². The van der Waals surface area contributed by atoms with E-state index in [1.54, 1.807) is 12.1 Å². The van der Waals surface area contributed by atoms with Gasteiger partial charge in [0.25, 0.3) is 0 Å². The molecule has 2 aromatic carbocycles. The van der Waals surface area contributed by atoms with Crippen LogP contribution in [0.2, 0.25) is 5.02 Å². The van der Waals surface area contributed by atoms with Crippen LogP contribution in [0.15, 0.2) is 41.6 Å². The first kappa shape index (κ1) is 24.1. The molecule has 3 aliphatic rings. The zero-order chi connectivity index (χ0) is 24.6. The Balaban J connectivity index is 1.20. The van der Waals surface area contributed by atoms with Crippen molar-refractivity contribution in [3.05, 3.63) is 52.8 Å².